The van der Waals surface area contributed by atoms with E-state index in [4.69, 9.17) is 4.74 Å². The molecule has 1 saturated carbocycles. The number of nitrogens with one attached hydrogen (secondary N) is 1. The molecule has 1 heterocycles. The zero-order valence-electron chi connectivity index (χ0n) is 12.4. The predicted molar refractivity (Wildman–Crippen MR) is 76.1 cm³/mol. The van der Waals surface area contributed by atoms with Gasteiger partial charge in [0, 0.05) is 19.5 Å². The molecule has 1 N–H and O–H groups in total. The Hall–Kier alpha value is -0.500. The molecule has 17 heavy (non-hydrogen) atoms. The summed E-state index contributed by atoms with van der Waals surface area (Å²) in [5.41, 5.74) is 0.692. The highest BCUT2D eigenvalue weighted by Crippen LogP contribution is 2.50. The maximum Gasteiger partial charge on any atom is 0.0890 e. The fraction of sp³-hybridized carbons (Fsp3) is 0.867. The first-order valence-electron chi connectivity index (χ1n) is 7.25. The second kappa shape index (κ2) is 8.57. The molecule has 2 heteroatoms. The fourth-order valence-corrected chi connectivity index (χ4v) is 2.66. The third kappa shape index (κ3) is 4.71. The summed E-state index contributed by atoms with van der Waals surface area (Å²) in [6.45, 7) is 17.2. The molecule has 1 aliphatic heterocycles. The lowest BCUT2D eigenvalue weighted by molar-refractivity contribution is -0.00547. The molecule has 2 fully saturated rings. The molecule has 0 amide bonds. The Morgan fingerprint density at radius 3 is 2.12 bits per heavy atom. The van der Waals surface area contributed by atoms with Crippen molar-refractivity contribution in [1.29, 1.82) is 0 Å². The highest BCUT2D eigenvalue weighted by Gasteiger charge is 2.48. The smallest absolute Gasteiger partial charge is 0.0890 e. The molecular weight excluding hydrogens is 210 g/mol. The van der Waals surface area contributed by atoms with Crippen LogP contribution < -0.4 is 5.32 Å². The van der Waals surface area contributed by atoms with Crippen LogP contribution in [0, 0.1) is 11.3 Å². The maximum atomic E-state index is 5.36. The summed E-state index contributed by atoms with van der Waals surface area (Å²) in [4.78, 5) is 0. The minimum Gasteiger partial charge on any atom is -0.499 e. The minimum absolute atomic E-state index is 0.692. The van der Waals surface area contributed by atoms with Gasteiger partial charge in [-0.2, -0.15) is 0 Å². The summed E-state index contributed by atoms with van der Waals surface area (Å²) >= 11 is 0. The highest BCUT2D eigenvalue weighted by atomic mass is 16.5. The molecule has 0 atom stereocenters. The van der Waals surface area contributed by atoms with Crippen LogP contribution in [-0.2, 0) is 4.74 Å². The van der Waals surface area contributed by atoms with Crippen LogP contribution in [0.5, 0.6) is 0 Å². The van der Waals surface area contributed by atoms with Crippen molar-refractivity contribution in [3.8, 4) is 0 Å². The highest BCUT2D eigenvalue weighted by molar-refractivity contribution is 5.04. The molecular formula is C15H31NO. The van der Waals surface area contributed by atoms with Crippen LogP contribution in [0.25, 0.3) is 0 Å². The van der Waals surface area contributed by atoms with Gasteiger partial charge in [-0.05, 0) is 31.1 Å². The first-order chi connectivity index (χ1) is 8.24. The van der Waals surface area contributed by atoms with E-state index in [0.717, 1.165) is 24.7 Å². The van der Waals surface area contributed by atoms with Gasteiger partial charge in [-0.25, -0.2) is 0 Å². The predicted octanol–water partition coefficient (Wildman–Crippen LogP) is 3.98. The van der Waals surface area contributed by atoms with Crippen LogP contribution in [0.1, 0.15) is 53.9 Å². The van der Waals surface area contributed by atoms with Crippen molar-refractivity contribution >= 4 is 0 Å². The van der Waals surface area contributed by atoms with Crippen molar-refractivity contribution < 1.29 is 4.74 Å². The molecule has 0 radical (unpaired) electrons. The van der Waals surface area contributed by atoms with E-state index < -0.39 is 0 Å². The molecule has 2 rings (SSSR count). The van der Waals surface area contributed by atoms with Crippen molar-refractivity contribution in [1.82, 2.24) is 5.32 Å². The molecule has 1 spiro atoms. The van der Waals surface area contributed by atoms with Crippen LogP contribution in [0.3, 0.4) is 0 Å². The normalized spacial score (nSPS) is 19.8. The van der Waals surface area contributed by atoms with Gasteiger partial charge in [-0.3, -0.25) is 0 Å². The van der Waals surface area contributed by atoms with E-state index in [0.29, 0.717) is 5.41 Å². The summed E-state index contributed by atoms with van der Waals surface area (Å²) in [6.07, 6.45) is 3.84. The lowest BCUT2D eigenvalue weighted by Gasteiger charge is -2.54. The van der Waals surface area contributed by atoms with Crippen molar-refractivity contribution in [3.05, 3.63) is 12.3 Å². The third-order valence-electron chi connectivity index (χ3n) is 3.31. The molecule has 0 bridgehead atoms. The lowest BCUT2D eigenvalue weighted by atomic mass is 9.58. The molecule has 0 aromatic rings. The van der Waals surface area contributed by atoms with Crippen molar-refractivity contribution in [3.63, 3.8) is 0 Å². The van der Waals surface area contributed by atoms with E-state index in [-0.39, 0.29) is 0 Å². The van der Waals surface area contributed by atoms with Gasteiger partial charge in [0.25, 0.3) is 0 Å². The quantitative estimate of drug-likeness (QED) is 0.752. The van der Waals surface area contributed by atoms with Crippen molar-refractivity contribution in [2.24, 2.45) is 11.3 Å². The zero-order chi connectivity index (χ0) is 13.3. The van der Waals surface area contributed by atoms with E-state index in [1.54, 1.807) is 0 Å². The van der Waals surface area contributed by atoms with E-state index in [9.17, 15) is 0 Å². The zero-order valence-corrected chi connectivity index (χ0v) is 12.4. The SMILES string of the molecule is C=C(CC1CC2(CNC2)C1)OCC.CC.CC. The number of hydrogen-bond donors (Lipinski definition) is 1. The van der Waals surface area contributed by atoms with Crippen LogP contribution in [0.2, 0.25) is 0 Å². The fourth-order valence-electron chi connectivity index (χ4n) is 2.66. The summed E-state index contributed by atoms with van der Waals surface area (Å²) < 4.78 is 5.36. The summed E-state index contributed by atoms with van der Waals surface area (Å²) in [7, 11) is 0. The molecule has 0 unspecified atom stereocenters. The van der Waals surface area contributed by atoms with Gasteiger partial charge in [0.1, 0.15) is 0 Å². The van der Waals surface area contributed by atoms with Gasteiger partial charge in [-0.15, -0.1) is 0 Å². The van der Waals surface area contributed by atoms with Gasteiger partial charge >= 0.3 is 0 Å². The number of allylic oxidation sites excluding steroid dienone is 1. The summed E-state index contributed by atoms with van der Waals surface area (Å²) in [5, 5.41) is 3.35. The Kier molecular flexibility index (Phi) is 8.32. The van der Waals surface area contributed by atoms with Crippen LogP contribution in [-0.4, -0.2) is 19.7 Å². The Labute approximate surface area is 108 Å². The average molecular weight is 241 g/mol. The molecule has 0 aromatic carbocycles. The average Bonchev–Trinajstić information content (AvgIpc) is 2.26. The second-order valence-corrected chi connectivity index (χ2v) is 4.55. The first-order valence-corrected chi connectivity index (χ1v) is 7.25. The minimum atomic E-state index is 0.692. The Morgan fingerprint density at radius 2 is 1.76 bits per heavy atom. The molecule has 2 nitrogen and oxygen atoms in total. The van der Waals surface area contributed by atoms with Crippen LogP contribution >= 0.6 is 0 Å². The topological polar surface area (TPSA) is 21.3 Å². The Morgan fingerprint density at radius 1 is 1.24 bits per heavy atom. The van der Waals surface area contributed by atoms with Gasteiger partial charge in [0.05, 0.1) is 12.4 Å². The van der Waals surface area contributed by atoms with E-state index >= 15 is 0 Å². The van der Waals surface area contributed by atoms with Crippen LogP contribution in [0.4, 0.5) is 0 Å². The molecule has 102 valence electrons. The van der Waals surface area contributed by atoms with E-state index in [2.05, 4.69) is 11.9 Å². The van der Waals surface area contributed by atoms with Crippen LogP contribution in [0.15, 0.2) is 12.3 Å². The third-order valence-corrected chi connectivity index (χ3v) is 3.31. The maximum absolute atomic E-state index is 5.36. The number of hydrogen-bond acceptors (Lipinski definition) is 2. The van der Waals surface area contributed by atoms with E-state index in [1.807, 2.05) is 34.6 Å². The van der Waals surface area contributed by atoms with Crippen molar-refractivity contribution in [2.75, 3.05) is 19.7 Å². The number of rotatable bonds is 4. The monoisotopic (exact) mass is 241 g/mol. The Balaban J connectivity index is 0.000000581. The largest absolute Gasteiger partial charge is 0.499 e. The van der Waals surface area contributed by atoms with Gasteiger partial charge in [-0.1, -0.05) is 34.3 Å². The number of ether oxygens (including phenoxy) is 1. The molecule has 0 aromatic heterocycles. The molecule has 2 aliphatic rings. The van der Waals surface area contributed by atoms with E-state index in [1.165, 1.54) is 25.9 Å². The summed E-state index contributed by atoms with van der Waals surface area (Å²) in [6, 6.07) is 0. The van der Waals surface area contributed by atoms with Gasteiger partial charge in [0.15, 0.2) is 0 Å². The first kappa shape index (κ1) is 16.5. The molecule has 1 saturated heterocycles. The molecule has 1 aliphatic carbocycles. The standard InChI is InChI=1S/C11H19NO.2C2H6/c1-3-13-9(2)4-10-5-11(6-10)7-12-8-11;2*1-2/h10,12H,2-8H2,1H3;2*1-2H3. The van der Waals surface area contributed by atoms with Crippen molar-refractivity contribution in [2.45, 2.75) is 53.9 Å². The van der Waals surface area contributed by atoms with Gasteiger partial charge < -0.3 is 10.1 Å². The second-order valence-electron chi connectivity index (χ2n) is 4.55. The van der Waals surface area contributed by atoms with Gasteiger partial charge in [0.2, 0.25) is 0 Å². The summed E-state index contributed by atoms with van der Waals surface area (Å²) in [5.74, 6) is 1.83. The lowest BCUT2D eigenvalue weighted by Crippen LogP contribution is -2.60. The Bertz CT molecular complexity index is 201.